The van der Waals surface area contributed by atoms with Gasteiger partial charge in [-0.25, -0.2) is 17.9 Å². The van der Waals surface area contributed by atoms with Crippen LogP contribution >= 0.6 is 0 Å². The Morgan fingerprint density at radius 1 is 1.18 bits per heavy atom. The highest BCUT2D eigenvalue weighted by Gasteiger charge is 2.26. The molecule has 2 heterocycles. The highest BCUT2D eigenvalue weighted by molar-refractivity contribution is 7.89. The standard InChI is InChI=1S/C22H22N4O6S/c1-30-16-7-5-14(6-8-16)12-23-33(28,29)17-9-10-18-19(11-17)31-22(27)26(18)13-20-24-21(32-25-20)15-3-2-4-15/h5-11,15,23H,2-4,12-13H2,1H3. The first-order valence-corrected chi connectivity index (χ1v) is 12.0. The van der Waals surface area contributed by atoms with Gasteiger partial charge in [-0.3, -0.25) is 4.57 Å². The normalized spacial score (nSPS) is 14.5. The zero-order chi connectivity index (χ0) is 23.0. The zero-order valence-electron chi connectivity index (χ0n) is 17.9. The number of aromatic nitrogens is 3. The fraction of sp³-hybridized carbons (Fsp3) is 0.318. The topological polar surface area (TPSA) is 129 Å². The second-order valence-electron chi connectivity index (χ2n) is 7.93. The SMILES string of the molecule is COc1ccc(CNS(=O)(=O)c2ccc3c(c2)oc(=O)n3Cc2noc(C3CCC3)n2)cc1. The third-order valence-corrected chi connectivity index (χ3v) is 7.21. The molecule has 4 aromatic rings. The summed E-state index contributed by atoms with van der Waals surface area (Å²) in [5.41, 5.74) is 1.39. The van der Waals surface area contributed by atoms with E-state index in [4.69, 9.17) is 13.7 Å². The molecule has 2 aromatic heterocycles. The Balaban J connectivity index is 1.34. The number of sulfonamides is 1. The van der Waals surface area contributed by atoms with Gasteiger partial charge >= 0.3 is 5.76 Å². The molecule has 1 fully saturated rings. The quantitative estimate of drug-likeness (QED) is 0.416. The fourth-order valence-electron chi connectivity index (χ4n) is 3.66. The average molecular weight is 471 g/mol. The molecule has 1 N–H and O–H groups in total. The molecule has 1 aliphatic carbocycles. The molecule has 0 bridgehead atoms. The molecule has 10 nitrogen and oxygen atoms in total. The van der Waals surface area contributed by atoms with Crippen molar-refractivity contribution in [3.63, 3.8) is 0 Å². The number of methoxy groups -OCH3 is 1. The lowest BCUT2D eigenvalue weighted by molar-refractivity contribution is 0.291. The summed E-state index contributed by atoms with van der Waals surface area (Å²) in [4.78, 5) is 16.8. The summed E-state index contributed by atoms with van der Waals surface area (Å²) in [5.74, 6) is 1.32. The lowest BCUT2D eigenvalue weighted by Crippen LogP contribution is -2.23. The number of rotatable bonds is 8. The van der Waals surface area contributed by atoms with Crippen LogP contribution in [0.15, 0.2) is 61.1 Å². The van der Waals surface area contributed by atoms with E-state index in [0.717, 1.165) is 24.8 Å². The summed E-state index contributed by atoms with van der Waals surface area (Å²) in [6.45, 7) is 0.181. The Hall–Kier alpha value is -3.44. The molecule has 1 saturated carbocycles. The summed E-state index contributed by atoms with van der Waals surface area (Å²) >= 11 is 0. The molecule has 0 amide bonds. The number of ether oxygens (including phenoxy) is 1. The Morgan fingerprint density at radius 3 is 2.67 bits per heavy atom. The van der Waals surface area contributed by atoms with E-state index in [0.29, 0.717) is 28.9 Å². The van der Waals surface area contributed by atoms with Gasteiger partial charge in [0.25, 0.3) is 0 Å². The molecule has 2 aromatic carbocycles. The molecule has 0 unspecified atom stereocenters. The molecule has 1 aliphatic rings. The van der Waals surface area contributed by atoms with Gasteiger partial charge in [0.05, 0.1) is 24.1 Å². The Morgan fingerprint density at radius 2 is 1.97 bits per heavy atom. The van der Waals surface area contributed by atoms with Crippen molar-refractivity contribution in [2.24, 2.45) is 0 Å². The van der Waals surface area contributed by atoms with E-state index in [1.165, 1.54) is 22.8 Å². The summed E-state index contributed by atoms with van der Waals surface area (Å²) in [6.07, 6.45) is 3.20. The molecule has 0 spiro atoms. The maximum Gasteiger partial charge on any atom is 0.420 e. The van der Waals surface area contributed by atoms with Crippen molar-refractivity contribution in [2.45, 2.75) is 43.2 Å². The number of nitrogens with one attached hydrogen (secondary N) is 1. The van der Waals surface area contributed by atoms with Crippen LogP contribution in [-0.4, -0.2) is 30.2 Å². The zero-order valence-corrected chi connectivity index (χ0v) is 18.7. The second kappa shape index (κ2) is 8.49. The molecule has 11 heteroatoms. The lowest BCUT2D eigenvalue weighted by atomic mass is 9.85. The van der Waals surface area contributed by atoms with E-state index in [2.05, 4.69) is 14.9 Å². The number of benzene rings is 2. The smallest absolute Gasteiger partial charge is 0.420 e. The Bertz CT molecular complexity index is 1450. The van der Waals surface area contributed by atoms with Gasteiger partial charge in [0.2, 0.25) is 15.9 Å². The molecule has 0 saturated heterocycles. The highest BCUT2D eigenvalue weighted by atomic mass is 32.2. The molecule has 0 aliphatic heterocycles. The van der Waals surface area contributed by atoms with E-state index >= 15 is 0 Å². The van der Waals surface area contributed by atoms with Crippen LogP contribution in [0.25, 0.3) is 11.1 Å². The van der Waals surface area contributed by atoms with Crippen LogP contribution in [0.1, 0.15) is 42.5 Å². The summed E-state index contributed by atoms with van der Waals surface area (Å²) in [7, 11) is -2.26. The van der Waals surface area contributed by atoms with Crippen LogP contribution in [0, 0.1) is 0 Å². The maximum atomic E-state index is 12.8. The fourth-order valence-corrected chi connectivity index (χ4v) is 4.70. The minimum absolute atomic E-state index is 0.00348. The van der Waals surface area contributed by atoms with Crippen LogP contribution < -0.4 is 15.2 Å². The van der Waals surface area contributed by atoms with Gasteiger partial charge in [0.1, 0.15) is 5.75 Å². The minimum Gasteiger partial charge on any atom is -0.497 e. The second-order valence-corrected chi connectivity index (χ2v) is 9.70. The van der Waals surface area contributed by atoms with Gasteiger partial charge in [-0.2, -0.15) is 4.98 Å². The number of hydrogen-bond acceptors (Lipinski definition) is 8. The number of nitrogens with zero attached hydrogens (tertiary/aromatic N) is 3. The highest BCUT2D eigenvalue weighted by Crippen LogP contribution is 2.35. The molecular formula is C22H22N4O6S. The van der Waals surface area contributed by atoms with Crippen LogP contribution in [0.3, 0.4) is 0 Å². The third kappa shape index (κ3) is 4.29. The van der Waals surface area contributed by atoms with Crippen LogP contribution in [0.4, 0.5) is 0 Å². The number of oxazole rings is 1. The summed E-state index contributed by atoms with van der Waals surface area (Å²) in [6, 6.07) is 11.4. The minimum atomic E-state index is -3.82. The Kier molecular flexibility index (Phi) is 5.51. The van der Waals surface area contributed by atoms with Gasteiger partial charge in [-0.1, -0.05) is 23.7 Å². The van der Waals surface area contributed by atoms with Gasteiger partial charge in [0.15, 0.2) is 11.4 Å². The first-order valence-electron chi connectivity index (χ1n) is 10.5. The lowest BCUT2D eigenvalue weighted by Gasteiger charge is -2.20. The van der Waals surface area contributed by atoms with Crippen molar-refractivity contribution in [1.82, 2.24) is 19.4 Å². The molecule has 0 radical (unpaired) electrons. The van der Waals surface area contributed by atoms with Gasteiger partial charge in [0, 0.05) is 18.5 Å². The Labute approximate surface area is 189 Å². The first-order chi connectivity index (χ1) is 15.9. The maximum absolute atomic E-state index is 12.8. The average Bonchev–Trinajstić information content (AvgIpc) is 3.35. The van der Waals surface area contributed by atoms with Gasteiger partial charge in [-0.15, -0.1) is 0 Å². The van der Waals surface area contributed by atoms with Crippen molar-refractivity contribution in [3.8, 4) is 5.75 Å². The molecule has 172 valence electrons. The van der Waals surface area contributed by atoms with E-state index in [9.17, 15) is 13.2 Å². The molecule has 5 rings (SSSR count). The van der Waals surface area contributed by atoms with Gasteiger partial charge in [-0.05, 0) is 42.7 Å². The van der Waals surface area contributed by atoms with Crippen LogP contribution in [0.5, 0.6) is 5.75 Å². The van der Waals surface area contributed by atoms with Crippen molar-refractivity contribution < 1.29 is 22.1 Å². The largest absolute Gasteiger partial charge is 0.497 e. The van der Waals surface area contributed by atoms with E-state index in [1.807, 2.05) is 0 Å². The molecule has 33 heavy (non-hydrogen) atoms. The first kappa shape index (κ1) is 21.4. The predicted molar refractivity (Wildman–Crippen MR) is 117 cm³/mol. The number of hydrogen-bond donors (Lipinski definition) is 1. The number of fused-ring (bicyclic) bond motifs is 1. The van der Waals surface area contributed by atoms with Gasteiger partial charge < -0.3 is 13.7 Å². The van der Waals surface area contributed by atoms with Crippen molar-refractivity contribution in [3.05, 3.63) is 70.3 Å². The molecular weight excluding hydrogens is 448 g/mol. The van der Waals surface area contributed by atoms with Crippen molar-refractivity contribution >= 4 is 21.1 Å². The van der Waals surface area contributed by atoms with E-state index in [1.54, 1.807) is 31.4 Å². The van der Waals surface area contributed by atoms with Crippen molar-refractivity contribution in [1.29, 1.82) is 0 Å². The van der Waals surface area contributed by atoms with E-state index in [-0.39, 0.29) is 23.6 Å². The molecule has 0 atom stereocenters. The van der Waals surface area contributed by atoms with E-state index < -0.39 is 15.8 Å². The van der Waals surface area contributed by atoms with Crippen LogP contribution in [0.2, 0.25) is 0 Å². The predicted octanol–water partition coefficient (Wildman–Crippen LogP) is 2.78. The van der Waals surface area contributed by atoms with Crippen LogP contribution in [-0.2, 0) is 23.1 Å². The van der Waals surface area contributed by atoms with Crippen molar-refractivity contribution in [2.75, 3.05) is 7.11 Å². The monoisotopic (exact) mass is 470 g/mol. The third-order valence-electron chi connectivity index (χ3n) is 5.81. The summed E-state index contributed by atoms with van der Waals surface area (Å²) < 4.78 is 45.1. The summed E-state index contributed by atoms with van der Waals surface area (Å²) in [5, 5.41) is 3.96.